The standard InChI is InChI=1S/C23H44O.H3N/c1-4-5-6-7-8-9-10-11-12-13-14-15-16-17-18-19-21-24-22-20-23(2)3;/h8-9,11-12,23H,4-7,10,13-22H2,1-3H3;1H3/b9-8-,12-11-;. The van der Waals surface area contributed by atoms with Crippen LogP contribution in [0, 0.1) is 5.92 Å². The van der Waals surface area contributed by atoms with Gasteiger partial charge in [-0.2, -0.15) is 0 Å². The van der Waals surface area contributed by atoms with Gasteiger partial charge in [0.1, 0.15) is 0 Å². The average molecular weight is 354 g/mol. The molecule has 0 saturated carbocycles. The minimum Gasteiger partial charge on any atom is -0.381 e. The second-order valence-corrected chi connectivity index (χ2v) is 7.38. The fourth-order valence-corrected chi connectivity index (χ4v) is 2.61. The average Bonchev–Trinajstić information content (AvgIpc) is 2.56. The molecule has 0 fully saturated rings. The topological polar surface area (TPSA) is 44.2 Å². The summed E-state index contributed by atoms with van der Waals surface area (Å²) in [6.45, 7) is 8.67. The van der Waals surface area contributed by atoms with Crippen molar-refractivity contribution >= 4 is 0 Å². The van der Waals surface area contributed by atoms with Crippen molar-refractivity contribution in [2.45, 2.75) is 104 Å². The second kappa shape index (κ2) is 23.4. The van der Waals surface area contributed by atoms with Gasteiger partial charge < -0.3 is 10.9 Å². The first kappa shape index (κ1) is 26.6. The summed E-state index contributed by atoms with van der Waals surface area (Å²) in [6.07, 6.45) is 26.3. The zero-order valence-corrected chi connectivity index (χ0v) is 17.6. The molecule has 0 amide bonds. The third-order valence-electron chi connectivity index (χ3n) is 4.33. The predicted octanol–water partition coefficient (Wildman–Crippen LogP) is 8.02. The Bertz CT molecular complexity index is 284. The Kier molecular flexibility index (Phi) is 24.9. The van der Waals surface area contributed by atoms with Crippen LogP contribution in [-0.2, 0) is 4.74 Å². The molecule has 0 aliphatic rings. The van der Waals surface area contributed by atoms with Crippen LogP contribution in [0.25, 0.3) is 0 Å². The highest BCUT2D eigenvalue weighted by atomic mass is 16.5. The fourth-order valence-electron chi connectivity index (χ4n) is 2.61. The summed E-state index contributed by atoms with van der Waals surface area (Å²) in [5.41, 5.74) is 0. The number of hydrogen-bond donors (Lipinski definition) is 1. The van der Waals surface area contributed by atoms with Crippen LogP contribution in [0.2, 0.25) is 0 Å². The first-order valence-electron chi connectivity index (χ1n) is 10.6. The van der Waals surface area contributed by atoms with Crippen molar-refractivity contribution in [3.05, 3.63) is 24.3 Å². The van der Waals surface area contributed by atoms with Crippen molar-refractivity contribution in [1.82, 2.24) is 6.15 Å². The largest absolute Gasteiger partial charge is 0.381 e. The lowest BCUT2D eigenvalue weighted by molar-refractivity contribution is 0.119. The van der Waals surface area contributed by atoms with Crippen LogP contribution in [0.1, 0.15) is 104 Å². The van der Waals surface area contributed by atoms with E-state index in [0.717, 1.165) is 25.6 Å². The molecule has 0 radical (unpaired) electrons. The maximum atomic E-state index is 5.65. The molecule has 2 nitrogen and oxygen atoms in total. The van der Waals surface area contributed by atoms with Gasteiger partial charge in [0.2, 0.25) is 0 Å². The number of hydrogen-bond acceptors (Lipinski definition) is 2. The Morgan fingerprint density at radius 2 is 1.24 bits per heavy atom. The molecule has 0 aromatic rings. The number of allylic oxidation sites excluding steroid dienone is 4. The summed E-state index contributed by atoms with van der Waals surface area (Å²) in [5.74, 6) is 0.765. The van der Waals surface area contributed by atoms with Crippen LogP contribution >= 0.6 is 0 Å². The molecule has 0 heterocycles. The molecular formula is C23H47NO. The molecular weight excluding hydrogens is 306 g/mol. The summed E-state index contributed by atoms with van der Waals surface area (Å²) in [6, 6.07) is 0. The molecule has 0 saturated heterocycles. The molecule has 0 rings (SSSR count). The number of ether oxygens (including phenoxy) is 1. The smallest absolute Gasteiger partial charge is 0.0468 e. The molecule has 0 aromatic heterocycles. The molecule has 25 heavy (non-hydrogen) atoms. The Morgan fingerprint density at radius 1 is 0.680 bits per heavy atom. The Hall–Kier alpha value is -0.600. The van der Waals surface area contributed by atoms with E-state index in [0.29, 0.717) is 0 Å². The fraction of sp³-hybridized carbons (Fsp3) is 0.826. The van der Waals surface area contributed by atoms with Gasteiger partial charge in [0.25, 0.3) is 0 Å². The van der Waals surface area contributed by atoms with E-state index in [1.165, 1.54) is 77.0 Å². The minimum atomic E-state index is 0. The summed E-state index contributed by atoms with van der Waals surface area (Å²) in [7, 11) is 0. The lowest BCUT2D eigenvalue weighted by atomic mass is 10.1. The molecule has 150 valence electrons. The van der Waals surface area contributed by atoms with E-state index in [4.69, 9.17) is 4.74 Å². The van der Waals surface area contributed by atoms with Crippen LogP contribution < -0.4 is 6.15 Å². The van der Waals surface area contributed by atoms with Crippen molar-refractivity contribution in [1.29, 1.82) is 0 Å². The van der Waals surface area contributed by atoms with Gasteiger partial charge in [-0.3, -0.25) is 0 Å². The van der Waals surface area contributed by atoms with Crippen LogP contribution in [0.5, 0.6) is 0 Å². The summed E-state index contributed by atoms with van der Waals surface area (Å²) in [5, 5.41) is 0. The van der Waals surface area contributed by atoms with Gasteiger partial charge in [-0.1, -0.05) is 83.6 Å². The lowest BCUT2D eigenvalue weighted by Crippen LogP contribution is -2.00. The summed E-state index contributed by atoms with van der Waals surface area (Å²) in [4.78, 5) is 0. The third-order valence-corrected chi connectivity index (χ3v) is 4.33. The van der Waals surface area contributed by atoms with Crippen molar-refractivity contribution in [2.24, 2.45) is 5.92 Å². The van der Waals surface area contributed by atoms with Crippen molar-refractivity contribution in [2.75, 3.05) is 13.2 Å². The van der Waals surface area contributed by atoms with E-state index in [1.807, 2.05) is 0 Å². The number of unbranched alkanes of at least 4 members (excludes halogenated alkanes) is 9. The van der Waals surface area contributed by atoms with E-state index in [1.54, 1.807) is 0 Å². The highest BCUT2D eigenvalue weighted by molar-refractivity contribution is 4.92. The van der Waals surface area contributed by atoms with Gasteiger partial charge in [-0.25, -0.2) is 0 Å². The predicted molar refractivity (Wildman–Crippen MR) is 115 cm³/mol. The van der Waals surface area contributed by atoms with Gasteiger partial charge in [0.15, 0.2) is 0 Å². The molecule has 0 bridgehead atoms. The first-order valence-corrected chi connectivity index (χ1v) is 10.6. The van der Waals surface area contributed by atoms with Crippen molar-refractivity contribution < 1.29 is 4.74 Å². The van der Waals surface area contributed by atoms with Crippen LogP contribution in [0.4, 0.5) is 0 Å². The molecule has 0 unspecified atom stereocenters. The van der Waals surface area contributed by atoms with Crippen LogP contribution in [0.15, 0.2) is 24.3 Å². The van der Waals surface area contributed by atoms with Crippen molar-refractivity contribution in [3.8, 4) is 0 Å². The monoisotopic (exact) mass is 353 g/mol. The molecule has 0 aliphatic heterocycles. The maximum absolute atomic E-state index is 5.65. The van der Waals surface area contributed by atoms with Gasteiger partial charge >= 0.3 is 0 Å². The molecule has 0 atom stereocenters. The van der Waals surface area contributed by atoms with Crippen LogP contribution in [-0.4, -0.2) is 13.2 Å². The van der Waals surface area contributed by atoms with Gasteiger partial charge in [-0.05, 0) is 50.9 Å². The Balaban J connectivity index is 0. The quantitative estimate of drug-likeness (QED) is 0.200. The first-order chi connectivity index (χ1) is 11.8. The van der Waals surface area contributed by atoms with E-state index in [2.05, 4.69) is 45.1 Å². The van der Waals surface area contributed by atoms with Crippen molar-refractivity contribution in [3.63, 3.8) is 0 Å². The summed E-state index contributed by atoms with van der Waals surface area (Å²) >= 11 is 0. The van der Waals surface area contributed by atoms with E-state index in [9.17, 15) is 0 Å². The van der Waals surface area contributed by atoms with Gasteiger partial charge in [-0.15, -0.1) is 0 Å². The minimum absolute atomic E-state index is 0. The highest BCUT2D eigenvalue weighted by Gasteiger charge is 1.94. The molecule has 3 N–H and O–H groups in total. The lowest BCUT2D eigenvalue weighted by Gasteiger charge is -2.06. The second-order valence-electron chi connectivity index (χ2n) is 7.38. The molecule has 0 aromatic carbocycles. The van der Waals surface area contributed by atoms with E-state index >= 15 is 0 Å². The Morgan fingerprint density at radius 3 is 1.84 bits per heavy atom. The zero-order chi connectivity index (χ0) is 17.7. The van der Waals surface area contributed by atoms with E-state index < -0.39 is 0 Å². The molecule has 0 spiro atoms. The molecule has 0 aliphatic carbocycles. The van der Waals surface area contributed by atoms with E-state index in [-0.39, 0.29) is 6.15 Å². The third kappa shape index (κ3) is 25.8. The zero-order valence-electron chi connectivity index (χ0n) is 17.6. The number of rotatable bonds is 18. The SMILES string of the molecule is CCCCC/C=C\C/C=C\CCCCCCCCOCCC(C)C.N. The van der Waals surface area contributed by atoms with Gasteiger partial charge in [0.05, 0.1) is 0 Å². The maximum Gasteiger partial charge on any atom is 0.0468 e. The highest BCUT2D eigenvalue weighted by Crippen LogP contribution is 2.08. The molecule has 2 heteroatoms. The van der Waals surface area contributed by atoms with Gasteiger partial charge in [0, 0.05) is 13.2 Å². The Labute approximate surface area is 159 Å². The normalized spacial score (nSPS) is 11.7. The van der Waals surface area contributed by atoms with Crippen LogP contribution in [0.3, 0.4) is 0 Å². The summed E-state index contributed by atoms with van der Waals surface area (Å²) < 4.78 is 5.65.